The lowest BCUT2D eigenvalue weighted by atomic mass is 9.99. The van der Waals surface area contributed by atoms with E-state index in [1.54, 1.807) is 6.08 Å². The van der Waals surface area contributed by atoms with Crippen LogP contribution in [-0.4, -0.2) is 17.9 Å². The van der Waals surface area contributed by atoms with Gasteiger partial charge in [-0.05, 0) is 31.1 Å². The van der Waals surface area contributed by atoms with E-state index in [1.165, 1.54) is 0 Å². The number of ketones is 1. The molecule has 0 unspecified atom stereocenters. The average molecular weight is 215 g/mol. The molecule has 1 aromatic rings. The third-order valence-corrected chi connectivity index (χ3v) is 2.85. The van der Waals surface area contributed by atoms with Crippen molar-refractivity contribution in [2.75, 3.05) is 6.54 Å². The minimum absolute atomic E-state index is 0.107. The second-order valence-electron chi connectivity index (χ2n) is 4.92. The highest BCUT2D eigenvalue weighted by molar-refractivity contribution is 5.98. The fraction of sp³-hybridized carbons (Fsp3) is 0.357. The first kappa shape index (κ1) is 11.1. The van der Waals surface area contributed by atoms with Crippen LogP contribution in [0.4, 0.5) is 0 Å². The van der Waals surface area contributed by atoms with E-state index in [-0.39, 0.29) is 11.3 Å². The molecule has 2 nitrogen and oxygen atoms in total. The smallest absolute Gasteiger partial charge is 0.157 e. The van der Waals surface area contributed by atoms with Gasteiger partial charge in [0, 0.05) is 18.5 Å². The van der Waals surface area contributed by atoms with Gasteiger partial charge in [-0.3, -0.25) is 4.79 Å². The zero-order valence-corrected chi connectivity index (χ0v) is 9.79. The molecule has 0 saturated carbocycles. The van der Waals surface area contributed by atoms with Gasteiger partial charge < -0.3 is 5.32 Å². The highest BCUT2D eigenvalue weighted by atomic mass is 16.1. The summed E-state index contributed by atoms with van der Waals surface area (Å²) in [5.74, 6) is 0.203. The zero-order chi connectivity index (χ0) is 11.6. The Morgan fingerprint density at radius 3 is 2.56 bits per heavy atom. The van der Waals surface area contributed by atoms with Crippen LogP contribution in [0.1, 0.15) is 25.8 Å². The highest BCUT2D eigenvalue weighted by Crippen LogP contribution is 2.20. The van der Waals surface area contributed by atoms with Crippen LogP contribution in [0.3, 0.4) is 0 Å². The lowest BCUT2D eigenvalue weighted by Crippen LogP contribution is -2.40. The first-order valence-corrected chi connectivity index (χ1v) is 5.61. The minimum Gasteiger partial charge on any atom is -0.307 e. The molecule has 0 fully saturated rings. The average Bonchev–Trinajstić information content (AvgIpc) is 2.37. The summed E-state index contributed by atoms with van der Waals surface area (Å²) in [6.45, 7) is 4.88. The van der Waals surface area contributed by atoms with Crippen LogP contribution in [0.2, 0.25) is 0 Å². The van der Waals surface area contributed by atoms with Crippen LogP contribution in [0.15, 0.2) is 36.4 Å². The fourth-order valence-electron chi connectivity index (χ4n) is 1.97. The molecule has 1 aliphatic rings. The Hall–Kier alpha value is -1.41. The van der Waals surface area contributed by atoms with Crippen LogP contribution in [0.5, 0.6) is 0 Å². The Labute approximate surface area is 96.4 Å². The maximum atomic E-state index is 11.8. The molecule has 0 aromatic heterocycles. The maximum Gasteiger partial charge on any atom is 0.157 e. The maximum absolute atomic E-state index is 11.8. The lowest BCUT2D eigenvalue weighted by molar-refractivity contribution is -0.115. The van der Waals surface area contributed by atoms with Crippen LogP contribution in [0, 0.1) is 0 Å². The first-order chi connectivity index (χ1) is 7.57. The van der Waals surface area contributed by atoms with Gasteiger partial charge in [0.2, 0.25) is 0 Å². The number of nitrogens with one attached hydrogen (secondary N) is 1. The molecule has 2 heteroatoms. The van der Waals surface area contributed by atoms with Crippen molar-refractivity contribution in [2.45, 2.75) is 25.8 Å². The molecule has 0 atom stereocenters. The molecular formula is C14H17NO. The molecule has 1 heterocycles. The number of benzene rings is 1. The van der Waals surface area contributed by atoms with Crippen molar-refractivity contribution in [3.63, 3.8) is 0 Å². The quantitative estimate of drug-likeness (QED) is 0.779. The molecule has 1 aliphatic heterocycles. The van der Waals surface area contributed by atoms with E-state index in [9.17, 15) is 4.79 Å². The Morgan fingerprint density at radius 2 is 1.88 bits per heavy atom. The number of hydrogen-bond donors (Lipinski definition) is 1. The molecule has 0 radical (unpaired) electrons. The Morgan fingerprint density at radius 1 is 1.19 bits per heavy atom. The number of carbonyl (C=O) groups is 1. The second-order valence-corrected chi connectivity index (χ2v) is 4.92. The summed E-state index contributed by atoms with van der Waals surface area (Å²) in [7, 11) is 0. The molecule has 0 saturated heterocycles. The van der Waals surface area contributed by atoms with Gasteiger partial charge in [0.1, 0.15) is 0 Å². The third kappa shape index (κ3) is 2.58. The van der Waals surface area contributed by atoms with Gasteiger partial charge >= 0.3 is 0 Å². The van der Waals surface area contributed by atoms with Crippen molar-refractivity contribution >= 4 is 11.4 Å². The van der Waals surface area contributed by atoms with Crippen molar-refractivity contribution in [1.29, 1.82) is 0 Å². The third-order valence-electron chi connectivity index (χ3n) is 2.85. The van der Waals surface area contributed by atoms with Gasteiger partial charge in [-0.25, -0.2) is 0 Å². The topological polar surface area (TPSA) is 29.1 Å². The van der Waals surface area contributed by atoms with E-state index in [0.29, 0.717) is 6.42 Å². The fourth-order valence-corrected chi connectivity index (χ4v) is 1.97. The minimum atomic E-state index is -0.107. The van der Waals surface area contributed by atoms with E-state index < -0.39 is 0 Å². The van der Waals surface area contributed by atoms with Gasteiger partial charge in [0.25, 0.3) is 0 Å². The molecule has 2 rings (SSSR count). The summed E-state index contributed by atoms with van der Waals surface area (Å²) >= 11 is 0. The molecule has 0 amide bonds. The highest BCUT2D eigenvalue weighted by Gasteiger charge is 2.24. The van der Waals surface area contributed by atoms with E-state index in [2.05, 4.69) is 19.2 Å². The Bertz CT molecular complexity index is 418. The summed E-state index contributed by atoms with van der Waals surface area (Å²) in [5.41, 5.74) is 2.10. The van der Waals surface area contributed by atoms with Crippen LogP contribution < -0.4 is 5.32 Å². The van der Waals surface area contributed by atoms with Crippen molar-refractivity contribution in [2.24, 2.45) is 0 Å². The van der Waals surface area contributed by atoms with E-state index >= 15 is 0 Å². The van der Waals surface area contributed by atoms with Gasteiger partial charge in [-0.2, -0.15) is 0 Å². The molecule has 0 aliphatic carbocycles. The van der Waals surface area contributed by atoms with Gasteiger partial charge in [0.05, 0.1) is 0 Å². The van der Waals surface area contributed by atoms with E-state index in [4.69, 9.17) is 0 Å². The SMILES string of the molecule is CC1(C)CC(=O)C=C(c2ccccc2)CN1. The monoisotopic (exact) mass is 215 g/mol. The molecule has 16 heavy (non-hydrogen) atoms. The van der Waals surface area contributed by atoms with E-state index in [0.717, 1.165) is 17.7 Å². The predicted molar refractivity (Wildman–Crippen MR) is 66.1 cm³/mol. The predicted octanol–water partition coefficient (Wildman–Crippen LogP) is 2.41. The zero-order valence-electron chi connectivity index (χ0n) is 9.79. The van der Waals surface area contributed by atoms with Gasteiger partial charge in [-0.15, -0.1) is 0 Å². The van der Waals surface area contributed by atoms with Gasteiger partial charge in [-0.1, -0.05) is 30.3 Å². The normalized spacial score (nSPS) is 20.1. The first-order valence-electron chi connectivity index (χ1n) is 5.61. The summed E-state index contributed by atoms with van der Waals surface area (Å²) in [5, 5.41) is 3.41. The Kier molecular flexibility index (Phi) is 2.92. The number of allylic oxidation sites excluding steroid dienone is 1. The number of hydrogen-bond acceptors (Lipinski definition) is 2. The summed E-state index contributed by atoms with van der Waals surface area (Å²) in [6, 6.07) is 10.1. The molecule has 1 N–H and O–H groups in total. The molecular weight excluding hydrogens is 198 g/mol. The molecule has 84 valence electrons. The summed E-state index contributed by atoms with van der Waals surface area (Å²) in [4.78, 5) is 11.8. The standard InChI is InChI=1S/C14H17NO/c1-14(2)9-13(16)8-12(10-15-14)11-6-4-3-5-7-11/h3-8,15H,9-10H2,1-2H3. The van der Waals surface area contributed by atoms with Crippen LogP contribution in [-0.2, 0) is 4.79 Å². The number of rotatable bonds is 1. The second kappa shape index (κ2) is 4.22. The van der Waals surface area contributed by atoms with Crippen molar-refractivity contribution in [3.8, 4) is 0 Å². The molecule has 0 bridgehead atoms. The van der Waals surface area contributed by atoms with Crippen molar-refractivity contribution < 1.29 is 4.79 Å². The van der Waals surface area contributed by atoms with E-state index in [1.807, 2.05) is 30.3 Å². The summed E-state index contributed by atoms with van der Waals surface area (Å²) in [6.07, 6.45) is 2.33. The van der Waals surface area contributed by atoms with Crippen LogP contribution >= 0.6 is 0 Å². The Balaban J connectivity index is 2.27. The summed E-state index contributed by atoms with van der Waals surface area (Å²) < 4.78 is 0. The van der Waals surface area contributed by atoms with Gasteiger partial charge in [0.15, 0.2) is 5.78 Å². The van der Waals surface area contributed by atoms with Crippen molar-refractivity contribution in [1.82, 2.24) is 5.32 Å². The molecule has 0 spiro atoms. The number of carbonyl (C=O) groups excluding carboxylic acids is 1. The molecule has 1 aromatic carbocycles. The lowest BCUT2D eigenvalue weighted by Gasteiger charge is -2.23. The largest absolute Gasteiger partial charge is 0.307 e. The van der Waals surface area contributed by atoms with Crippen molar-refractivity contribution in [3.05, 3.63) is 42.0 Å². The van der Waals surface area contributed by atoms with Crippen LogP contribution in [0.25, 0.3) is 5.57 Å².